The molecule has 0 aliphatic rings. The molecule has 0 spiro atoms. The van der Waals surface area contributed by atoms with E-state index in [0.29, 0.717) is 33.9 Å². The van der Waals surface area contributed by atoms with E-state index < -0.39 is 0 Å². The Morgan fingerprint density at radius 3 is 0.987 bits per heavy atom. The molecular formula is C68H36N10. The van der Waals surface area contributed by atoms with Crippen LogP contribution in [-0.2, 0) is 0 Å². The van der Waals surface area contributed by atoms with Gasteiger partial charge in [0, 0.05) is 60.4 Å². The summed E-state index contributed by atoms with van der Waals surface area (Å²) >= 11 is 0. The van der Waals surface area contributed by atoms with Gasteiger partial charge in [-0.1, -0.05) is 103 Å². The first kappa shape index (κ1) is 44.0. The van der Waals surface area contributed by atoms with Crippen LogP contribution in [-0.4, -0.2) is 28.2 Å². The lowest BCUT2D eigenvalue weighted by molar-refractivity contribution is 0.961. The lowest BCUT2D eigenvalue weighted by Gasteiger charge is -2.27. The molecule has 0 amide bonds. The number of nitrogens with zero attached hydrogens (tertiary/aromatic N) is 10. The van der Waals surface area contributed by atoms with Gasteiger partial charge in [-0.3, -0.25) is 14.1 Å². The molecule has 10 heteroatoms. The third-order valence-corrected chi connectivity index (χ3v) is 15.3. The molecule has 15 rings (SSSR count). The number of nitriles is 4. The van der Waals surface area contributed by atoms with Crippen LogP contribution in [0.1, 0.15) is 22.3 Å². The first-order valence-corrected chi connectivity index (χ1v) is 25.4. The first-order chi connectivity index (χ1) is 38.5. The zero-order valence-corrected chi connectivity index (χ0v) is 41.3. The van der Waals surface area contributed by atoms with Crippen LogP contribution in [0.5, 0.6) is 0 Å². The third kappa shape index (κ3) is 6.27. The molecule has 15 aromatic rings. The van der Waals surface area contributed by atoms with E-state index in [2.05, 4.69) is 109 Å². The second-order valence-electron chi connectivity index (χ2n) is 19.4. The van der Waals surface area contributed by atoms with E-state index in [1.54, 1.807) is 0 Å². The molecule has 0 atom stereocenters. The van der Waals surface area contributed by atoms with Gasteiger partial charge in [-0.15, -0.1) is 0 Å². The van der Waals surface area contributed by atoms with Crippen LogP contribution in [0.2, 0.25) is 0 Å². The molecule has 10 nitrogen and oxygen atoms in total. The Balaban J connectivity index is 1.30. The van der Waals surface area contributed by atoms with Crippen molar-refractivity contribution in [3.63, 3.8) is 0 Å². The first-order valence-electron chi connectivity index (χ1n) is 25.4. The highest BCUT2D eigenvalue weighted by atomic mass is 15.2. The van der Waals surface area contributed by atoms with Gasteiger partial charge in [0.05, 0.1) is 96.4 Å². The topological polar surface area (TPSA) is 141 Å². The average Bonchev–Trinajstić information content (AvgIpc) is 3.97. The zero-order valence-electron chi connectivity index (χ0n) is 41.3. The van der Waals surface area contributed by atoms with Crippen molar-refractivity contribution in [2.75, 3.05) is 0 Å². The lowest BCUT2D eigenvalue weighted by atomic mass is 9.94. The fourth-order valence-corrected chi connectivity index (χ4v) is 12.1. The lowest BCUT2D eigenvalue weighted by Crippen LogP contribution is -2.16. The smallest absolute Gasteiger partial charge is 0.165 e. The summed E-state index contributed by atoms with van der Waals surface area (Å²) in [7, 11) is 0. The van der Waals surface area contributed by atoms with E-state index in [1.807, 2.05) is 152 Å². The molecule has 0 bridgehead atoms. The van der Waals surface area contributed by atoms with Gasteiger partial charge < -0.3 is 9.13 Å². The van der Waals surface area contributed by atoms with Crippen molar-refractivity contribution in [1.29, 1.82) is 21.0 Å². The van der Waals surface area contributed by atoms with Crippen LogP contribution >= 0.6 is 0 Å². The maximum Gasteiger partial charge on any atom is 0.165 e. The van der Waals surface area contributed by atoms with Gasteiger partial charge in [-0.2, -0.15) is 21.0 Å². The van der Waals surface area contributed by atoms with E-state index >= 15 is 0 Å². The molecule has 0 saturated heterocycles. The highest BCUT2D eigenvalue weighted by Crippen LogP contribution is 2.50. The summed E-state index contributed by atoms with van der Waals surface area (Å²) in [6, 6.07) is 80.5. The molecule has 0 unspecified atom stereocenters. The molecule has 6 aromatic heterocycles. The van der Waals surface area contributed by atoms with Gasteiger partial charge in [-0.25, -0.2) is 4.98 Å². The Labute approximate surface area is 444 Å². The highest BCUT2D eigenvalue weighted by Gasteiger charge is 2.33. The minimum Gasteiger partial charge on any atom is -0.305 e. The van der Waals surface area contributed by atoms with E-state index in [1.165, 1.54) is 0 Å². The summed E-state index contributed by atoms with van der Waals surface area (Å²) in [5.74, 6) is 1.16. The number of para-hydroxylation sites is 4. The van der Waals surface area contributed by atoms with Crippen LogP contribution < -0.4 is 0 Å². The van der Waals surface area contributed by atoms with Gasteiger partial charge >= 0.3 is 0 Å². The van der Waals surface area contributed by atoms with Crippen LogP contribution in [0.4, 0.5) is 0 Å². The number of fused-ring (bicyclic) bond motifs is 12. The number of hydrogen-bond acceptors (Lipinski definition) is 6. The quantitative estimate of drug-likeness (QED) is 0.162. The largest absolute Gasteiger partial charge is 0.305 e. The predicted octanol–water partition coefficient (Wildman–Crippen LogP) is 15.7. The van der Waals surface area contributed by atoms with Crippen molar-refractivity contribution in [2.24, 2.45) is 0 Å². The standard InChI is InChI=1S/C68H36N10/c69-37-41-24-28-60-51(33-41)46-14-3-7-20-56(46)75(60)65-64(50-18-2-1-13-45(50)55-19-11-12-32-73-55)66(76-57-21-8-4-15-47(57)52-34-42(38-70)25-29-61(52)76)68(78-59-23-10-6-17-49(59)54-36-44(40-72)27-31-63(54)78)74-67(65)77-58-22-9-5-16-48(58)53-35-43(39-71)26-30-62(53)77/h1-36H. The molecule has 0 N–H and O–H groups in total. The zero-order chi connectivity index (χ0) is 52.2. The molecule has 6 heterocycles. The average molecular weight is 993 g/mol. The number of pyridine rings is 2. The van der Waals surface area contributed by atoms with Crippen molar-refractivity contribution in [3.05, 3.63) is 241 Å². The fourth-order valence-electron chi connectivity index (χ4n) is 12.1. The Kier molecular flexibility index (Phi) is 9.58. The van der Waals surface area contributed by atoms with Crippen LogP contribution in [0.3, 0.4) is 0 Å². The highest BCUT2D eigenvalue weighted by molar-refractivity contribution is 6.16. The Hall–Kier alpha value is -11.6. The number of rotatable bonds is 6. The van der Waals surface area contributed by atoms with E-state index in [-0.39, 0.29) is 0 Å². The van der Waals surface area contributed by atoms with Gasteiger partial charge in [0.25, 0.3) is 0 Å². The van der Waals surface area contributed by atoms with Crippen LogP contribution in [0.25, 0.3) is 133 Å². The molecule has 0 saturated carbocycles. The van der Waals surface area contributed by atoms with E-state index in [4.69, 9.17) is 9.97 Å². The number of aromatic nitrogens is 6. The second-order valence-corrected chi connectivity index (χ2v) is 19.4. The maximum atomic E-state index is 10.4. The number of hydrogen-bond donors (Lipinski definition) is 0. The van der Waals surface area contributed by atoms with Crippen LogP contribution in [0.15, 0.2) is 219 Å². The fraction of sp³-hybridized carbons (Fsp3) is 0. The normalized spacial score (nSPS) is 11.5. The summed E-state index contributed by atoms with van der Waals surface area (Å²) in [4.78, 5) is 11.3. The van der Waals surface area contributed by atoms with E-state index in [0.717, 1.165) is 121 Å². The summed E-state index contributed by atoms with van der Waals surface area (Å²) in [6.45, 7) is 0. The molecule has 0 aliphatic carbocycles. The molecule has 358 valence electrons. The maximum absolute atomic E-state index is 10.4. The minimum atomic E-state index is 0.531. The number of benzene rings is 9. The molecule has 0 radical (unpaired) electrons. The van der Waals surface area contributed by atoms with Crippen molar-refractivity contribution in [1.82, 2.24) is 28.2 Å². The molecule has 0 fully saturated rings. The van der Waals surface area contributed by atoms with Gasteiger partial charge in [0.1, 0.15) is 11.4 Å². The van der Waals surface area contributed by atoms with Gasteiger partial charge in [0.15, 0.2) is 11.6 Å². The van der Waals surface area contributed by atoms with Crippen molar-refractivity contribution >= 4 is 87.2 Å². The predicted molar refractivity (Wildman–Crippen MR) is 309 cm³/mol. The molecule has 9 aromatic carbocycles. The monoisotopic (exact) mass is 992 g/mol. The van der Waals surface area contributed by atoms with Crippen molar-refractivity contribution in [3.8, 4) is 69.7 Å². The van der Waals surface area contributed by atoms with Crippen molar-refractivity contribution < 1.29 is 0 Å². The minimum absolute atomic E-state index is 0.531. The van der Waals surface area contributed by atoms with Gasteiger partial charge in [-0.05, 0) is 115 Å². The van der Waals surface area contributed by atoms with Crippen LogP contribution in [0, 0.1) is 45.3 Å². The summed E-state index contributed by atoms with van der Waals surface area (Å²) in [5, 5.41) is 49.0. The second kappa shape index (κ2) is 17.0. The summed E-state index contributed by atoms with van der Waals surface area (Å²) in [5.41, 5.74) is 13.7. The summed E-state index contributed by atoms with van der Waals surface area (Å²) in [6.07, 6.45) is 1.82. The Morgan fingerprint density at radius 1 is 0.295 bits per heavy atom. The molecule has 0 aliphatic heterocycles. The summed E-state index contributed by atoms with van der Waals surface area (Å²) < 4.78 is 9.09. The third-order valence-electron chi connectivity index (χ3n) is 15.3. The molecular weight excluding hydrogens is 957 g/mol. The SMILES string of the molecule is N#Cc1ccc2c(c1)c1ccccc1n2-c1nc(-n2c3ccccc3c3cc(C#N)ccc32)c(-n2c3ccccc3c3cc(C#N)ccc32)c(-c2ccccc2-c2ccccn2)c1-n1c2ccccc2c2cc(C#N)ccc21. The Bertz CT molecular complexity index is 4990. The van der Waals surface area contributed by atoms with E-state index in [9.17, 15) is 21.0 Å². The van der Waals surface area contributed by atoms with Gasteiger partial charge in [0.2, 0.25) is 0 Å². The Morgan fingerprint density at radius 2 is 0.615 bits per heavy atom. The molecule has 78 heavy (non-hydrogen) atoms. The van der Waals surface area contributed by atoms with Crippen molar-refractivity contribution in [2.45, 2.75) is 0 Å².